The number of carbonyl (C=O) groups excluding carboxylic acids is 2. The van der Waals surface area contributed by atoms with Gasteiger partial charge >= 0.3 is 0 Å². The van der Waals surface area contributed by atoms with E-state index in [1.807, 2.05) is 0 Å². The molecule has 148 valence electrons. The SMILES string of the molecule is NC(=O)c1ccc(NC(=O)C2CCN(S(=O)(=O)c3ccccc3F)CC2)cc1. The van der Waals surface area contributed by atoms with E-state index in [2.05, 4.69) is 5.32 Å². The second-order valence-electron chi connectivity index (χ2n) is 6.54. The van der Waals surface area contributed by atoms with Crippen molar-refractivity contribution in [3.63, 3.8) is 0 Å². The molecule has 2 aromatic carbocycles. The molecule has 1 fully saturated rings. The van der Waals surface area contributed by atoms with Crippen molar-refractivity contribution in [2.24, 2.45) is 11.7 Å². The van der Waals surface area contributed by atoms with E-state index >= 15 is 0 Å². The average molecular weight is 405 g/mol. The Bertz CT molecular complexity index is 984. The van der Waals surface area contributed by atoms with Crippen LogP contribution in [0.25, 0.3) is 0 Å². The summed E-state index contributed by atoms with van der Waals surface area (Å²) in [6.07, 6.45) is 0.664. The molecule has 0 atom stereocenters. The first-order valence-corrected chi connectivity index (χ1v) is 10.2. The molecule has 0 spiro atoms. The van der Waals surface area contributed by atoms with Crippen molar-refractivity contribution in [3.05, 3.63) is 59.9 Å². The standard InChI is InChI=1S/C19H20FN3O4S/c20-16-3-1-2-4-17(16)28(26,27)23-11-9-14(10-12-23)19(25)22-15-7-5-13(6-8-15)18(21)24/h1-8,14H,9-12H2,(H2,21,24)(H,22,25). The first-order valence-electron chi connectivity index (χ1n) is 8.74. The predicted molar refractivity (Wildman–Crippen MR) is 101 cm³/mol. The molecule has 0 saturated carbocycles. The van der Waals surface area contributed by atoms with Crippen LogP contribution in [0.15, 0.2) is 53.4 Å². The lowest BCUT2D eigenvalue weighted by molar-refractivity contribution is -0.120. The van der Waals surface area contributed by atoms with Gasteiger partial charge in [0, 0.05) is 30.3 Å². The first-order chi connectivity index (χ1) is 13.3. The Balaban J connectivity index is 1.61. The Hall–Kier alpha value is -2.78. The minimum atomic E-state index is -3.93. The highest BCUT2D eigenvalue weighted by atomic mass is 32.2. The van der Waals surface area contributed by atoms with Crippen molar-refractivity contribution < 1.29 is 22.4 Å². The summed E-state index contributed by atoms with van der Waals surface area (Å²) in [5.41, 5.74) is 6.04. The minimum absolute atomic E-state index is 0.134. The molecule has 2 amide bonds. The van der Waals surface area contributed by atoms with Gasteiger partial charge in [0.05, 0.1) is 0 Å². The van der Waals surface area contributed by atoms with Crippen molar-refractivity contribution in [2.75, 3.05) is 18.4 Å². The maximum absolute atomic E-state index is 13.9. The number of carbonyl (C=O) groups is 2. The fraction of sp³-hybridized carbons (Fsp3) is 0.263. The summed E-state index contributed by atoms with van der Waals surface area (Å²) in [4.78, 5) is 23.2. The molecule has 1 aliphatic rings. The Morgan fingerprint density at radius 3 is 2.21 bits per heavy atom. The highest BCUT2D eigenvalue weighted by Crippen LogP contribution is 2.26. The van der Waals surface area contributed by atoms with Crippen molar-refractivity contribution in [3.8, 4) is 0 Å². The largest absolute Gasteiger partial charge is 0.366 e. The fourth-order valence-electron chi connectivity index (χ4n) is 3.11. The molecule has 3 rings (SSSR count). The number of benzene rings is 2. The van der Waals surface area contributed by atoms with Crippen molar-refractivity contribution in [1.82, 2.24) is 4.31 Å². The van der Waals surface area contributed by atoms with Crippen LogP contribution in [0.3, 0.4) is 0 Å². The zero-order valence-electron chi connectivity index (χ0n) is 15.0. The second-order valence-corrected chi connectivity index (χ2v) is 8.45. The summed E-state index contributed by atoms with van der Waals surface area (Å²) in [5.74, 6) is -1.93. The molecule has 7 nitrogen and oxygen atoms in total. The Morgan fingerprint density at radius 1 is 1.04 bits per heavy atom. The minimum Gasteiger partial charge on any atom is -0.366 e. The zero-order valence-corrected chi connectivity index (χ0v) is 15.8. The number of primary amides is 1. The maximum atomic E-state index is 13.9. The van der Waals surface area contributed by atoms with Crippen molar-refractivity contribution in [1.29, 1.82) is 0 Å². The monoisotopic (exact) mass is 405 g/mol. The maximum Gasteiger partial charge on any atom is 0.248 e. The number of hydrogen-bond donors (Lipinski definition) is 2. The number of rotatable bonds is 5. The van der Waals surface area contributed by atoms with Gasteiger partial charge in [0.25, 0.3) is 0 Å². The highest BCUT2D eigenvalue weighted by Gasteiger charge is 2.33. The summed E-state index contributed by atoms with van der Waals surface area (Å²) in [6, 6.07) is 11.4. The molecular weight excluding hydrogens is 385 g/mol. The Morgan fingerprint density at radius 2 is 1.64 bits per heavy atom. The van der Waals surface area contributed by atoms with Crippen LogP contribution in [0.5, 0.6) is 0 Å². The van der Waals surface area contributed by atoms with Crippen LogP contribution in [-0.2, 0) is 14.8 Å². The van der Waals surface area contributed by atoms with Gasteiger partial charge in [-0.05, 0) is 49.2 Å². The topological polar surface area (TPSA) is 110 Å². The molecule has 1 saturated heterocycles. The van der Waals surface area contributed by atoms with Crippen LogP contribution < -0.4 is 11.1 Å². The van der Waals surface area contributed by atoms with Gasteiger partial charge in [0.2, 0.25) is 21.8 Å². The van der Waals surface area contributed by atoms with E-state index in [4.69, 9.17) is 5.73 Å². The highest BCUT2D eigenvalue weighted by molar-refractivity contribution is 7.89. The molecular formula is C19H20FN3O4S. The molecule has 1 aliphatic heterocycles. The van der Waals surface area contributed by atoms with E-state index in [-0.39, 0.29) is 29.8 Å². The number of nitrogens with one attached hydrogen (secondary N) is 1. The molecule has 0 bridgehead atoms. The average Bonchev–Trinajstić information content (AvgIpc) is 2.68. The van der Waals surface area contributed by atoms with E-state index in [9.17, 15) is 22.4 Å². The quantitative estimate of drug-likeness (QED) is 0.792. The Kier molecular flexibility index (Phi) is 5.76. The number of halogens is 1. The van der Waals surface area contributed by atoms with E-state index in [1.54, 1.807) is 12.1 Å². The lowest BCUT2D eigenvalue weighted by Gasteiger charge is -2.30. The molecule has 0 aromatic heterocycles. The first kappa shape index (κ1) is 20.0. The number of anilines is 1. The van der Waals surface area contributed by atoms with Crippen LogP contribution in [0.1, 0.15) is 23.2 Å². The molecule has 0 radical (unpaired) electrons. The van der Waals surface area contributed by atoms with Crippen LogP contribution in [0.4, 0.5) is 10.1 Å². The van der Waals surface area contributed by atoms with Gasteiger partial charge in [0.1, 0.15) is 10.7 Å². The number of amides is 2. The molecule has 28 heavy (non-hydrogen) atoms. The van der Waals surface area contributed by atoms with Gasteiger partial charge in [-0.2, -0.15) is 4.31 Å². The summed E-state index contributed by atoms with van der Waals surface area (Å²) in [6.45, 7) is 0.269. The smallest absolute Gasteiger partial charge is 0.248 e. The van der Waals surface area contributed by atoms with Crippen molar-refractivity contribution in [2.45, 2.75) is 17.7 Å². The van der Waals surface area contributed by atoms with Gasteiger partial charge < -0.3 is 11.1 Å². The van der Waals surface area contributed by atoms with Gasteiger partial charge in [-0.25, -0.2) is 12.8 Å². The third-order valence-electron chi connectivity index (χ3n) is 4.72. The van der Waals surface area contributed by atoms with Crippen LogP contribution in [-0.4, -0.2) is 37.6 Å². The molecule has 1 heterocycles. The van der Waals surface area contributed by atoms with Crippen LogP contribution in [0, 0.1) is 11.7 Å². The molecule has 2 aromatic rings. The summed E-state index contributed by atoms with van der Waals surface area (Å²) in [7, 11) is -3.93. The summed E-state index contributed by atoms with van der Waals surface area (Å²) >= 11 is 0. The van der Waals surface area contributed by atoms with Crippen LogP contribution in [0.2, 0.25) is 0 Å². The number of sulfonamides is 1. The lowest BCUT2D eigenvalue weighted by atomic mass is 9.97. The summed E-state index contributed by atoms with van der Waals surface area (Å²) < 4.78 is 40.3. The number of hydrogen-bond acceptors (Lipinski definition) is 4. The van der Waals surface area contributed by atoms with E-state index < -0.39 is 21.7 Å². The van der Waals surface area contributed by atoms with E-state index in [0.717, 1.165) is 6.07 Å². The third kappa shape index (κ3) is 4.20. The van der Waals surface area contributed by atoms with Gasteiger partial charge in [0.15, 0.2) is 0 Å². The molecule has 0 aliphatic carbocycles. The number of piperidine rings is 1. The molecule has 9 heteroatoms. The molecule has 0 unspecified atom stereocenters. The normalized spacial score (nSPS) is 15.9. The number of nitrogens with zero attached hydrogens (tertiary/aromatic N) is 1. The van der Waals surface area contributed by atoms with Gasteiger partial charge in [-0.3, -0.25) is 9.59 Å². The third-order valence-corrected chi connectivity index (χ3v) is 6.65. The zero-order chi connectivity index (χ0) is 20.3. The van der Waals surface area contributed by atoms with E-state index in [1.165, 1.54) is 34.6 Å². The van der Waals surface area contributed by atoms with Crippen LogP contribution >= 0.6 is 0 Å². The Labute approximate surface area is 162 Å². The van der Waals surface area contributed by atoms with Crippen molar-refractivity contribution >= 4 is 27.5 Å². The second kappa shape index (κ2) is 8.07. The summed E-state index contributed by atoms with van der Waals surface area (Å²) in [5, 5.41) is 2.75. The number of nitrogens with two attached hydrogens (primary N) is 1. The van der Waals surface area contributed by atoms with E-state index in [0.29, 0.717) is 24.1 Å². The molecule has 3 N–H and O–H groups in total. The fourth-order valence-corrected chi connectivity index (χ4v) is 4.65. The van der Waals surface area contributed by atoms with Gasteiger partial charge in [-0.1, -0.05) is 12.1 Å². The lowest BCUT2D eigenvalue weighted by Crippen LogP contribution is -2.41. The predicted octanol–water partition coefficient (Wildman–Crippen LogP) is 1.96. The van der Waals surface area contributed by atoms with Gasteiger partial charge in [-0.15, -0.1) is 0 Å².